The van der Waals surface area contributed by atoms with Crippen molar-refractivity contribution in [3.05, 3.63) is 101 Å². The number of imide groups is 1. The molecule has 0 unspecified atom stereocenters. The predicted molar refractivity (Wildman–Crippen MR) is 126 cm³/mol. The largest absolute Gasteiger partial charge is 0.495 e. The first kappa shape index (κ1) is 21.4. The fourth-order valence-electron chi connectivity index (χ4n) is 4.00. The van der Waals surface area contributed by atoms with E-state index < -0.39 is 0 Å². The van der Waals surface area contributed by atoms with Crippen molar-refractivity contribution in [2.75, 3.05) is 19.1 Å². The quantitative estimate of drug-likeness (QED) is 0.535. The van der Waals surface area contributed by atoms with E-state index in [2.05, 4.69) is 0 Å². The lowest BCUT2D eigenvalue weighted by atomic mass is 9.99. The minimum atomic E-state index is -0.355. The normalized spacial score (nSPS) is 13.7. The number of amides is 2. The first-order chi connectivity index (χ1) is 15.4. The summed E-state index contributed by atoms with van der Waals surface area (Å²) in [6.07, 6.45) is 0. The van der Waals surface area contributed by atoms with E-state index in [4.69, 9.17) is 4.74 Å². The Labute approximate surface area is 188 Å². The van der Waals surface area contributed by atoms with Gasteiger partial charge in [0.1, 0.15) is 11.4 Å². The summed E-state index contributed by atoms with van der Waals surface area (Å²) < 4.78 is 5.44. The smallest absolute Gasteiger partial charge is 0.282 e. The predicted octanol–water partition coefficient (Wildman–Crippen LogP) is 4.73. The highest BCUT2D eigenvalue weighted by molar-refractivity contribution is 6.45. The van der Waals surface area contributed by atoms with Gasteiger partial charge < -0.3 is 9.64 Å². The third-order valence-corrected chi connectivity index (χ3v) is 5.83. The molecule has 1 aliphatic heterocycles. The molecule has 0 bridgehead atoms. The third-order valence-electron chi connectivity index (χ3n) is 5.83. The zero-order valence-corrected chi connectivity index (χ0v) is 18.8. The van der Waals surface area contributed by atoms with E-state index >= 15 is 0 Å². The molecule has 0 aliphatic carbocycles. The van der Waals surface area contributed by atoms with Crippen LogP contribution in [-0.2, 0) is 16.1 Å². The van der Waals surface area contributed by atoms with Crippen LogP contribution in [0.3, 0.4) is 0 Å². The van der Waals surface area contributed by atoms with Crippen LogP contribution in [0.4, 0.5) is 5.69 Å². The summed E-state index contributed by atoms with van der Waals surface area (Å²) in [5.74, 6) is -0.232. The van der Waals surface area contributed by atoms with Gasteiger partial charge in [0, 0.05) is 13.6 Å². The molecule has 5 nitrogen and oxygen atoms in total. The van der Waals surface area contributed by atoms with Crippen LogP contribution in [0.5, 0.6) is 5.75 Å². The topological polar surface area (TPSA) is 49.9 Å². The van der Waals surface area contributed by atoms with Gasteiger partial charge in [-0.2, -0.15) is 0 Å². The van der Waals surface area contributed by atoms with E-state index in [1.165, 1.54) is 12.0 Å². The first-order valence-electron chi connectivity index (χ1n) is 10.5. The zero-order chi connectivity index (χ0) is 22.8. The molecule has 32 heavy (non-hydrogen) atoms. The number of aryl methyl sites for hydroxylation is 2. The second-order valence-corrected chi connectivity index (χ2v) is 7.98. The van der Waals surface area contributed by atoms with Crippen LogP contribution in [0.25, 0.3) is 5.57 Å². The number of hydrogen-bond acceptors (Lipinski definition) is 4. The number of methoxy groups -OCH3 is 1. The lowest BCUT2D eigenvalue weighted by molar-refractivity contribution is -0.120. The molecule has 0 spiro atoms. The summed E-state index contributed by atoms with van der Waals surface area (Å²) >= 11 is 0. The molecule has 0 saturated carbocycles. The first-order valence-corrected chi connectivity index (χ1v) is 10.5. The highest BCUT2D eigenvalue weighted by Gasteiger charge is 2.42. The Morgan fingerprint density at radius 1 is 0.844 bits per heavy atom. The van der Waals surface area contributed by atoms with Gasteiger partial charge in [0.2, 0.25) is 0 Å². The summed E-state index contributed by atoms with van der Waals surface area (Å²) in [5, 5.41) is 0. The summed E-state index contributed by atoms with van der Waals surface area (Å²) in [6.45, 7) is 4.54. The molecule has 162 valence electrons. The van der Waals surface area contributed by atoms with Crippen LogP contribution >= 0.6 is 0 Å². The van der Waals surface area contributed by atoms with Crippen molar-refractivity contribution in [3.8, 4) is 5.75 Å². The number of nitrogens with zero attached hydrogens (tertiary/aromatic N) is 2. The highest BCUT2D eigenvalue weighted by Crippen LogP contribution is 2.38. The maximum Gasteiger partial charge on any atom is 0.282 e. The Hall–Kier alpha value is -3.86. The lowest BCUT2D eigenvalue weighted by Crippen LogP contribution is -2.34. The van der Waals surface area contributed by atoms with Crippen LogP contribution < -0.4 is 9.64 Å². The molecule has 2 amide bonds. The summed E-state index contributed by atoms with van der Waals surface area (Å²) in [4.78, 5) is 30.5. The number of carbonyl (C=O) groups is 2. The van der Waals surface area contributed by atoms with Crippen LogP contribution in [-0.4, -0.2) is 30.9 Å². The maximum atomic E-state index is 13.7. The number of ether oxygens (including phenoxy) is 1. The van der Waals surface area contributed by atoms with Gasteiger partial charge in [0.25, 0.3) is 11.8 Å². The molecular formula is C27H26N2O3. The zero-order valence-electron chi connectivity index (χ0n) is 18.8. The Morgan fingerprint density at radius 2 is 1.53 bits per heavy atom. The minimum Gasteiger partial charge on any atom is -0.495 e. The Bertz CT molecular complexity index is 1210. The molecular weight excluding hydrogens is 400 g/mol. The summed E-state index contributed by atoms with van der Waals surface area (Å²) in [7, 11) is 3.38. The van der Waals surface area contributed by atoms with Crippen LogP contribution in [0, 0.1) is 13.8 Å². The average Bonchev–Trinajstić information content (AvgIpc) is 3.06. The SMILES string of the molecule is COc1ccccc1N1C(=O)C(c2ccc(C)c(C)c2)=C(N(C)Cc2ccccc2)C1=O. The van der Waals surface area contributed by atoms with Crippen molar-refractivity contribution < 1.29 is 14.3 Å². The molecule has 4 rings (SSSR count). The van der Waals surface area contributed by atoms with Gasteiger partial charge >= 0.3 is 0 Å². The molecule has 0 saturated heterocycles. The Morgan fingerprint density at radius 3 is 2.22 bits per heavy atom. The molecule has 0 atom stereocenters. The van der Waals surface area contributed by atoms with Crippen molar-refractivity contribution in [3.63, 3.8) is 0 Å². The molecule has 5 heteroatoms. The molecule has 0 aromatic heterocycles. The van der Waals surface area contributed by atoms with E-state index in [1.807, 2.05) is 80.4 Å². The van der Waals surface area contributed by atoms with Crippen molar-refractivity contribution in [1.29, 1.82) is 0 Å². The number of rotatable bonds is 6. The van der Waals surface area contributed by atoms with Crippen molar-refractivity contribution in [1.82, 2.24) is 4.90 Å². The van der Waals surface area contributed by atoms with Crippen LogP contribution in [0.1, 0.15) is 22.3 Å². The monoisotopic (exact) mass is 426 g/mol. The van der Waals surface area contributed by atoms with E-state index in [9.17, 15) is 9.59 Å². The summed E-state index contributed by atoms with van der Waals surface area (Å²) in [6, 6.07) is 22.8. The number of likely N-dealkylation sites (N-methyl/N-ethyl adjacent to an activating group) is 1. The van der Waals surface area contributed by atoms with Crippen LogP contribution in [0.2, 0.25) is 0 Å². The second-order valence-electron chi connectivity index (χ2n) is 7.98. The van der Waals surface area contributed by atoms with E-state index in [0.29, 0.717) is 29.3 Å². The lowest BCUT2D eigenvalue weighted by Gasteiger charge is -2.22. The molecule has 1 aliphatic rings. The van der Waals surface area contributed by atoms with Gasteiger partial charge in [-0.1, -0.05) is 60.7 Å². The summed E-state index contributed by atoms with van der Waals surface area (Å²) in [5.41, 5.74) is 5.21. The van der Waals surface area contributed by atoms with Crippen molar-refractivity contribution in [2.45, 2.75) is 20.4 Å². The Balaban J connectivity index is 1.85. The number of para-hydroxylation sites is 2. The highest BCUT2D eigenvalue weighted by atomic mass is 16.5. The van der Waals surface area contributed by atoms with Crippen molar-refractivity contribution in [2.24, 2.45) is 0 Å². The third kappa shape index (κ3) is 3.78. The van der Waals surface area contributed by atoms with E-state index in [0.717, 1.165) is 22.3 Å². The Kier molecular flexibility index (Phi) is 5.82. The molecule has 0 N–H and O–H groups in total. The van der Waals surface area contributed by atoms with E-state index in [1.54, 1.807) is 18.2 Å². The second kappa shape index (κ2) is 8.71. The molecule has 1 heterocycles. The number of benzene rings is 3. The van der Waals surface area contributed by atoms with Gasteiger partial charge in [-0.05, 0) is 48.2 Å². The van der Waals surface area contributed by atoms with Gasteiger partial charge in [-0.25, -0.2) is 4.90 Å². The minimum absolute atomic E-state index is 0.349. The number of anilines is 1. The molecule has 0 radical (unpaired) electrons. The van der Waals surface area contributed by atoms with Gasteiger partial charge in [0.15, 0.2) is 0 Å². The molecule has 3 aromatic carbocycles. The number of hydrogen-bond donors (Lipinski definition) is 0. The van der Waals surface area contributed by atoms with Crippen molar-refractivity contribution >= 4 is 23.1 Å². The average molecular weight is 427 g/mol. The van der Waals surface area contributed by atoms with E-state index in [-0.39, 0.29) is 11.8 Å². The molecule has 0 fully saturated rings. The van der Waals surface area contributed by atoms with Gasteiger partial charge in [-0.15, -0.1) is 0 Å². The van der Waals surface area contributed by atoms with Crippen LogP contribution in [0.15, 0.2) is 78.5 Å². The fourth-order valence-corrected chi connectivity index (χ4v) is 4.00. The standard InChI is InChI=1S/C27H26N2O3/c1-18-14-15-21(16-19(18)2)24-25(28(3)17-20-10-6-5-7-11-20)27(31)29(26(24)30)22-12-8-9-13-23(22)32-4/h5-16H,17H2,1-4H3. The van der Waals surface area contributed by atoms with Gasteiger partial charge in [0.05, 0.1) is 18.4 Å². The fraction of sp³-hybridized carbons (Fsp3) is 0.185. The number of carbonyl (C=O) groups excluding carboxylic acids is 2. The van der Waals surface area contributed by atoms with Gasteiger partial charge in [-0.3, -0.25) is 9.59 Å². The molecule has 3 aromatic rings. The maximum absolute atomic E-state index is 13.7.